The molecule has 2 rings (SSSR count). The molecule has 1 aromatic carbocycles. The lowest BCUT2D eigenvalue weighted by atomic mass is 10.3. The maximum absolute atomic E-state index is 11.8. The lowest BCUT2D eigenvalue weighted by Gasteiger charge is -2.03. The van der Waals surface area contributed by atoms with E-state index < -0.39 is 27.5 Å². The molecule has 0 atom stereocenters. The molecule has 0 aliphatic heterocycles. The summed E-state index contributed by atoms with van der Waals surface area (Å²) in [5.41, 5.74) is 0.145. The lowest BCUT2D eigenvalue weighted by Crippen LogP contribution is -2.12. The molecule has 0 saturated heterocycles. The first-order valence-electron chi connectivity index (χ1n) is 5.59. The number of aromatic carboxylic acids is 1. The summed E-state index contributed by atoms with van der Waals surface area (Å²) >= 11 is 0. The van der Waals surface area contributed by atoms with Crippen LogP contribution in [0.4, 0.5) is 5.69 Å². The van der Waals surface area contributed by atoms with Gasteiger partial charge < -0.3 is 14.9 Å². The van der Waals surface area contributed by atoms with Gasteiger partial charge in [-0.25, -0.2) is 13.2 Å². The van der Waals surface area contributed by atoms with E-state index in [0.717, 1.165) is 12.3 Å². The zero-order valence-electron chi connectivity index (χ0n) is 10.7. The average molecular weight is 310 g/mol. The molecule has 21 heavy (non-hydrogen) atoms. The second-order valence-electron chi connectivity index (χ2n) is 4.13. The molecular formula is C12H10N2O6S. The predicted molar refractivity (Wildman–Crippen MR) is 71.0 cm³/mol. The Morgan fingerprint density at radius 3 is 2.33 bits per heavy atom. The molecule has 1 heterocycles. The minimum absolute atomic E-state index is 0.120. The Hall–Kier alpha value is -2.68. The van der Waals surface area contributed by atoms with Crippen molar-refractivity contribution in [3.05, 3.63) is 41.8 Å². The molecule has 0 aliphatic rings. The maximum atomic E-state index is 11.8. The minimum Gasteiger partial charge on any atom is -0.475 e. The quantitative estimate of drug-likeness (QED) is 0.863. The van der Waals surface area contributed by atoms with Crippen molar-refractivity contribution >= 4 is 27.4 Å². The Balaban J connectivity index is 2.14. The van der Waals surface area contributed by atoms with Crippen LogP contribution in [0.15, 0.2) is 39.8 Å². The number of nitrogens with one attached hydrogen (secondary N) is 1. The van der Waals surface area contributed by atoms with Gasteiger partial charge in [-0.1, -0.05) is 5.16 Å². The number of amides is 1. The van der Waals surface area contributed by atoms with E-state index in [2.05, 4.69) is 15.0 Å². The molecule has 0 unspecified atom stereocenters. The molecule has 2 N–H and O–H groups in total. The number of sulfone groups is 1. The first-order valence-corrected chi connectivity index (χ1v) is 7.48. The van der Waals surface area contributed by atoms with Gasteiger partial charge in [-0.15, -0.1) is 0 Å². The highest BCUT2D eigenvalue weighted by molar-refractivity contribution is 7.90. The topological polar surface area (TPSA) is 127 Å². The number of benzene rings is 1. The largest absolute Gasteiger partial charge is 0.475 e. The molecular weight excluding hydrogens is 300 g/mol. The second-order valence-corrected chi connectivity index (χ2v) is 6.15. The fraction of sp³-hybridized carbons (Fsp3) is 0.0833. The van der Waals surface area contributed by atoms with Crippen LogP contribution in [0, 0.1) is 0 Å². The predicted octanol–water partition coefficient (Wildman–Crippen LogP) is 1.03. The zero-order chi connectivity index (χ0) is 15.6. The molecule has 9 heteroatoms. The first kappa shape index (κ1) is 14.7. The van der Waals surface area contributed by atoms with E-state index in [-0.39, 0.29) is 10.6 Å². The number of carbonyl (C=O) groups excluding carboxylic acids is 1. The summed E-state index contributed by atoms with van der Waals surface area (Å²) in [6.45, 7) is 0. The van der Waals surface area contributed by atoms with Crippen LogP contribution in [0.2, 0.25) is 0 Å². The van der Waals surface area contributed by atoms with Crippen LogP contribution in [-0.2, 0) is 9.84 Å². The average Bonchev–Trinajstić information content (AvgIpc) is 2.88. The van der Waals surface area contributed by atoms with Crippen LogP contribution in [0.1, 0.15) is 21.0 Å². The number of anilines is 1. The first-order chi connectivity index (χ1) is 9.77. The van der Waals surface area contributed by atoms with E-state index in [1.165, 1.54) is 24.3 Å². The molecule has 2 aromatic rings. The number of carboxylic acid groups (broad SMARTS) is 1. The van der Waals surface area contributed by atoms with E-state index in [1.54, 1.807) is 0 Å². The summed E-state index contributed by atoms with van der Waals surface area (Å²) in [5, 5.41) is 14.4. The minimum atomic E-state index is -3.31. The van der Waals surface area contributed by atoms with E-state index in [0.29, 0.717) is 5.69 Å². The van der Waals surface area contributed by atoms with Gasteiger partial charge in [-0.3, -0.25) is 4.79 Å². The Morgan fingerprint density at radius 2 is 1.86 bits per heavy atom. The van der Waals surface area contributed by atoms with Gasteiger partial charge >= 0.3 is 5.97 Å². The van der Waals surface area contributed by atoms with Crippen molar-refractivity contribution in [2.24, 2.45) is 0 Å². The summed E-state index contributed by atoms with van der Waals surface area (Å²) in [4.78, 5) is 22.5. The number of aromatic nitrogens is 1. The zero-order valence-corrected chi connectivity index (χ0v) is 11.5. The highest BCUT2D eigenvalue weighted by Gasteiger charge is 2.16. The standard InChI is InChI=1S/C12H10N2O6S/c1-21(18,19)8-4-2-7(3-5-8)13-11(15)9-6-10(12(16)17)20-14-9/h2-6H,1H3,(H,13,15)(H,16,17). The Labute approximate surface area is 119 Å². The molecule has 1 aromatic heterocycles. The van der Waals surface area contributed by atoms with Gasteiger partial charge in [0.05, 0.1) is 4.90 Å². The van der Waals surface area contributed by atoms with Gasteiger partial charge in [0, 0.05) is 18.0 Å². The van der Waals surface area contributed by atoms with Crippen molar-refractivity contribution in [2.75, 3.05) is 11.6 Å². The normalized spacial score (nSPS) is 11.1. The monoisotopic (exact) mass is 310 g/mol. The van der Waals surface area contributed by atoms with E-state index in [9.17, 15) is 18.0 Å². The lowest BCUT2D eigenvalue weighted by molar-refractivity contribution is 0.0651. The summed E-state index contributed by atoms with van der Waals surface area (Å²) in [6, 6.07) is 6.49. The fourth-order valence-corrected chi connectivity index (χ4v) is 2.09. The third-order valence-electron chi connectivity index (χ3n) is 2.49. The maximum Gasteiger partial charge on any atom is 0.374 e. The Morgan fingerprint density at radius 1 is 1.24 bits per heavy atom. The molecule has 0 spiro atoms. The van der Waals surface area contributed by atoms with Gasteiger partial charge in [-0.2, -0.15) is 0 Å². The molecule has 110 valence electrons. The van der Waals surface area contributed by atoms with E-state index in [1.807, 2.05) is 0 Å². The number of nitrogens with zero attached hydrogens (tertiary/aromatic N) is 1. The highest BCUT2D eigenvalue weighted by Crippen LogP contribution is 2.15. The molecule has 0 saturated carbocycles. The van der Waals surface area contributed by atoms with Crippen molar-refractivity contribution in [2.45, 2.75) is 4.90 Å². The highest BCUT2D eigenvalue weighted by atomic mass is 32.2. The smallest absolute Gasteiger partial charge is 0.374 e. The number of carbonyl (C=O) groups is 2. The molecule has 0 aliphatic carbocycles. The van der Waals surface area contributed by atoms with Gasteiger partial charge in [0.25, 0.3) is 5.91 Å². The third kappa shape index (κ3) is 3.45. The van der Waals surface area contributed by atoms with Crippen LogP contribution in [0.5, 0.6) is 0 Å². The number of rotatable bonds is 4. The van der Waals surface area contributed by atoms with Gasteiger partial charge in [0.2, 0.25) is 5.76 Å². The van der Waals surface area contributed by atoms with Crippen LogP contribution in [0.3, 0.4) is 0 Å². The van der Waals surface area contributed by atoms with Crippen LogP contribution in [-0.4, -0.2) is 36.8 Å². The SMILES string of the molecule is CS(=O)(=O)c1ccc(NC(=O)c2cc(C(=O)O)on2)cc1. The fourth-order valence-electron chi connectivity index (χ4n) is 1.46. The molecule has 8 nitrogen and oxygen atoms in total. The molecule has 0 fully saturated rings. The van der Waals surface area contributed by atoms with Gasteiger partial charge in [0.15, 0.2) is 15.5 Å². The van der Waals surface area contributed by atoms with Crippen molar-refractivity contribution < 1.29 is 27.6 Å². The second kappa shape index (κ2) is 5.37. The summed E-state index contributed by atoms with van der Waals surface area (Å²) in [6.07, 6.45) is 1.07. The van der Waals surface area contributed by atoms with Gasteiger partial charge in [0.1, 0.15) is 0 Å². The van der Waals surface area contributed by atoms with Crippen LogP contribution >= 0.6 is 0 Å². The number of hydrogen-bond acceptors (Lipinski definition) is 6. The van der Waals surface area contributed by atoms with Crippen molar-refractivity contribution in [1.29, 1.82) is 0 Å². The number of hydrogen-bond donors (Lipinski definition) is 2. The molecule has 0 bridgehead atoms. The van der Waals surface area contributed by atoms with Gasteiger partial charge in [-0.05, 0) is 24.3 Å². The summed E-state index contributed by atoms with van der Waals surface area (Å²) in [7, 11) is -3.31. The summed E-state index contributed by atoms with van der Waals surface area (Å²) < 4.78 is 27.0. The third-order valence-corrected chi connectivity index (χ3v) is 3.62. The Bertz CT molecular complexity index is 791. The van der Waals surface area contributed by atoms with Crippen LogP contribution in [0.25, 0.3) is 0 Å². The summed E-state index contributed by atoms with van der Waals surface area (Å²) in [5.74, 6) is -2.45. The van der Waals surface area contributed by atoms with Crippen molar-refractivity contribution in [3.8, 4) is 0 Å². The van der Waals surface area contributed by atoms with Crippen LogP contribution < -0.4 is 5.32 Å². The molecule has 0 radical (unpaired) electrons. The van der Waals surface area contributed by atoms with E-state index in [4.69, 9.17) is 5.11 Å². The number of carboxylic acids is 1. The van der Waals surface area contributed by atoms with Crippen molar-refractivity contribution in [3.63, 3.8) is 0 Å². The molecule has 1 amide bonds. The Kier molecular flexibility index (Phi) is 3.76. The van der Waals surface area contributed by atoms with E-state index >= 15 is 0 Å². The van der Waals surface area contributed by atoms with Crippen molar-refractivity contribution in [1.82, 2.24) is 5.16 Å².